The van der Waals surface area contributed by atoms with Crippen molar-refractivity contribution in [2.45, 2.75) is 78.6 Å². The standard InChI is InChI=1S/C25H31B2N3O/c1-22(2,3)13-11-10-12(21(31)28-13)20-29-18-16(26)14-15(17(27)19(18)30-20)24(6,7)25(8,9)23(14,4)5/h10-11H,1-9H3,(H,28,31)(H,29,30). The number of aromatic amines is 2. The fraction of sp³-hybridized carbons (Fsp3) is 0.520. The van der Waals surface area contributed by atoms with Crippen LogP contribution in [0.25, 0.3) is 22.4 Å². The highest BCUT2D eigenvalue weighted by Crippen LogP contribution is 2.60. The van der Waals surface area contributed by atoms with Gasteiger partial charge in [-0.25, -0.2) is 4.98 Å². The van der Waals surface area contributed by atoms with Gasteiger partial charge >= 0.3 is 0 Å². The van der Waals surface area contributed by atoms with Crippen LogP contribution in [0.15, 0.2) is 16.9 Å². The lowest BCUT2D eigenvalue weighted by molar-refractivity contribution is 0.125. The van der Waals surface area contributed by atoms with Crippen molar-refractivity contribution >= 4 is 37.7 Å². The quantitative estimate of drug-likeness (QED) is 0.604. The number of hydrogen-bond donors (Lipinski definition) is 2. The van der Waals surface area contributed by atoms with E-state index in [1.165, 1.54) is 0 Å². The van der Waals surface area contributed by atoms with Gasteiger partial charge in [0.05, 0.1) is 16.6 Å². The zero-order valence-corrected chi connectivity index (χ0v) is 20.2. The van der Waals surface area contributed by atoms with Crippen molar-refractivity contribution in [3.63, 3.8) is 0 Å². The third kappa shape index (κ3) is 2.69. The molecule has 0 spiro atoms. The van der Waals surface area contributed by atoms with Crippen LogP contribution >= 0.6 is 0 Å². The first-order valence-corrected chi connectivity index (χ1v) is 10.9. The van der Waals surface area contributed by atoms with E-state index in [4.69, 9.17) is 20.7 Å². The van der Waals surface area contributed by atoms with Crippen molar-refractivity contribution in [3.05, 3.63) is 39.3 Å². The molecule has 0 saturated heterocycles. The summed E-state index contributed by atoms with van der Waals surface area (Å²) in [5, 5.41) is 0. The van der Waals surface area contributed by atoms with E-state index in [0.29, 0.717) is 33.3 Å². The highest BCUT2D eigenvalue weighted by Gasteiger charge is 2.58. The topological polar surface area (TPSA) is 61.5 Å². The summed E-state index contributed by atoms with van der Waals surface area (Å²) in [5.74, 6) is 0.480. The summed E-state index contributed by atoms with van der Waals surface area (Å²) in [6, 6.07) is 3.75. The summed E-state index contributed by atoms with van der Waals surface area (Å²) in [6.45, 7) is 19.7. The summed E-state index contributed by atoms with van der Waals surface area (Å²) in [4.78, 5) is 23.9. The summed E-state index contributed by atoms with van der Waals surface area (Å²) in [7, 11) is 13.5. The molecule has 31 heavy (non-hydrogen) atoms. The SMILES string of the molecule is [B]c1c2c(c([B])c3[nH]c(-c4ccc(C(C)(C)C)[nH]c4=O)nc13)C(C)(C)C(C)(C)C2(C)C. The van der Waals surface area contributed by atoms with Gasteiger partial charge in [-0.3, -0.25) is 4.79 Å². The Morgan fingerprint density at radius 1 is 0.871 bits per heavy atom. The third-order valence-corrected chi connectivity index (χ3v) is 8.36. The van der Waals surface area contributed by atoms with Gasteiger partial charge in [-0.05, 0) is 39.5 Å². The summed E-state index contributed by atoms with van der Waals surface area (Å²) < 4.78 is 0. The first kappa shape index (κ1) is 22.0. The number of nitrogens with one attached hydrogen (secondary N) is 2. The van der Waals surface area contributed by atoms with Crippen LogP contribution < -0.4 is 16.5 Å². The first-order valence-electron chi connectivity index (χ1n) is 10.9. The van der Waals surface area contributed by atoms with Gasteiger partial charge in [-0.1, -0.05) is 73.2 Å². The highest BCUT2D eigenvalue weighted by atomic mass is 16.1. The number of hydrogen-bond acceptors (Lipinski definition) is 2. The molecule has 6 heteroatoms. The molecule has 0 saturated carbocycles. The van der Waals surface area contributed by atoms with Gasteiger partial charge < -0.3 is 9.97 Å². The second-order valence-electron chi connectivity index (χ2n) is 11.6. The van der Waals surface area contributed by atoms with E-state index in [0.717, 1.165) is 16.8 Å². The minimum atomic E-state index is -0.191. The van der Waals surface area contributed by atoms with Crippen LogP contribution in [0.1, 0.15) is 79.1 Å². The number of pyridine rings is 1. The molecule has 2 aromatic heterocycles. The van der Waals surface area contributed by atoms with Crippen molar-refractivity contribution in [3.8, 4) is 11.4 Å². The Morgan fingerprint density at radius 2 is 1.42 bits per heavy atom. The lowest BCUT2D eigenvalue weighted by Gasteiger charge is -2.45. The zero-order chi connectivity index (χ0) is 23.3. The van der Waals surface area contributed by atoms with Crippen LogP contribution in [0.5, 0.6) is 0 Å². The molecule has 3 aromatic rings. The van der Waals surface area contributed by atoms with Crippen molar-refractivity contribution in [2.24, 2.45) is 5.41 Å². The van der Waals surface area contributed by atoms with Gasteiger partial charge in [0, 0.05) is 11.1 Å². The molecule has 1 aliphatic rings. The Bertz CT molecular complexity index is 1230. The van der Waals surface area contributed by atoms with Gasteiger partial charge in [0.15, 0.2) is 0 Å². The molecular formula is C25H31B2N3O. The van der Waals surface area contributed by atoms with E-state index in [1.54, 1.807) is 0 Å². The average molecular weight is 411 g/mol. The van der Waals surface area contributed by atoms with E-state index in [2.05, 4.69) is 72.3 Å². The monoisotopic (exact) mass is 411 g/mol. The van der Waals surface area contributed by atoms with Crippen LogP contribution in [-0.4, -0.2) is 30.6 Å². The smallest absolute Gasteiger partial charge is 0.259 e. The molecule has 0 fully saturated rings. The number of fused-ring (bicyclic) bond motifs is 2. The van der Waals surface area contributed by atoms with E-state index in [-0.39, 0.29) is 27.2 Å². The van der Waals surface area contributed by atoms with Crippen LogP contribution in [0.3, 0.4) is 0 Å². The fourth-order valence-corrected chi connectivity index (χ4v) is 5.21. The highest BCUT2D eigenvalue weighted by molar-refractivity contribution is 6.46. The van der Waals surface area contributed by atoms with Crippen molar-refractivity contribution in [1.29, 1.82) is 0 Å². The first-order chi connectivity index (χ1) is 14.0. The number of aromatic nitrogens is 3. The summed E-state index contributed by atoms with van der Waals surface area (Å²) >= 11 is 0. The fourth-order valence-electron chi connectivity index (χ4n) is 5.21. The largest absolute Gasteiger partial charge is 0.338 e. The average Bonchev–Trinajstić information content (AvgIpc) is 3.12. The van der Waals surface area contributed by atoms with E-state index >= 15 is 0 Å². The van der Waals surface area contributed by atoms with E-state index in [1.807, 2.05) is 12.1 Å². The van der Waals surface area contributed by atoms with Crippen molar-refractivity contribution < 1.29 is 0 Å². The number of nitrogens with zero attached hydrogens (tertiary/aromatic N) is 1. The Balaban J connectivity index is 2.00. The maximum atomic E-state index is 12.8. The minimum absolute atomic E-state index is 0.0634. The minimum Gasteiger partial charge on any atom is -0.338 e. The predicted molar refractivity (Wildman–Crippen MR) is 131 cm³/mol. The van der Waals surface area contributed by atoms with Crippen LogP contribution in [-0.2, 0) is 16.2 Å². The van der Waals surface area contributed by atoms with E-state index in [9.17, 15) is 4.79 Å². The molecule has 1 aliphatic carbocycles. The molecule has 2 heterocycles. The molecule has 0 amide bonds. The molecule has 1 aromatic carbocycles. The van der Waals surface area contributed by atoms with E-state index < -0.39 is 0 Å². The Labute approximate surface area is 187 Å². The van der Waals surface area contributed by atoms with Crippen molar-refractivity contribution in [2.75, 3.05) is 0 Å². The number of rotatable bonds is 1. The normalized spacial score (nSPS) is 19.0. The molecule has 158 valence electrons. The molecule has 2 N–H and O–H groups in total. The Morgan fingerprint density at radius 3 is 1.94 bits per heavy atom. The summed E-state index contributed by atoms with van der Waals surface area (Å²) in [5.41, 5.74) is 5.38. The maximum Gasteiger partial charge on any atom is 0.259 e. The molecule has 4 nitrogen and oxygen atoms in total. The number of benzene rings is 1. The molecule has 0 unspecified atom stereocenters. The third-order valence-electron chi connectivity index (χ3n) is 8.36. The molecule has 4 radical (unpaired) electrons. The predicted octanol–water partition coefficient (Wildman–Crippen LogP) is 3.40. The van der Waals surface area contributed by atoms with Crippen LogP contribution in [0.2, 0.25) is 0 Å². The summed E-state index contributed by atoms with van der Waals surface area (Å²) in [6.07, 6.45) is 0. The van der Waals surface area contributed by atoms with Crippen LogP contribution in [0.4, 0.5) is 0 Å². The Kier molecular flexibility index (Phi) is 4.38. The van der Waals surface area contributed by atoms with Crippen LogP contribution in [0, 0.1) is 5.41 Å². The lowest BCUT2D eigenvalue weighted by Crippen LogP contribution is -2.43. The number of H-pyrrole nitrogens is 2. The van der Waals surface area contributed by atoms with Gasteiger partial charge in [0.1, 0.15) is 21.5 Å². The second-order valence-corrected chi connectivity index (χ2v) is 11.6. The second kappa shape index (κ2) is 6.17. The zero-order valence-electron chi connectivity index (χ0n) is 20.2. The molecular weight excluding hydrogens is 380 g/mol. The molecule has 0 bridgehead atoms. The molecule has 4 rings (SSSR count). The molecule has 0 atom stereocenters. The van der Waals surface area contributed by atoms with Gasteiger partial charge in [0.2, 0.25) is 0 Å². The Hall–Kier alpha value is -2.23. The van der Waals surface area contributed by atoms with Crippen molar-refractivity contribution in [1.82, 2.24) is 15.0 Å². The number of imidazole rings is 1. The van der Waals surface area contributed by atoms with Gasteiger partial charge in [-0.15, -0.1) is 0 Å². The molecule has 0 aliphatic heterocycles. The van der Waals surface area contributed by atoms with Gasteiger partial charge in [-0.2, -0.15) is 0 Å². The lowest BCUT2D eigenvalue weighted by atomic mass is 9.58. The van der Waals surface area contributed by atoms with Gasteiger partial charge in [0.25, 0.3) is 5.56 Å². The maximum absolute atomic E-state index is 12.8.